The highest BCUT2D eigenvalue weighted by molar-refractivity contribution is 7.32. The number of fused-ring (bicyclic) bond motifs is 1. The number of hydrogen-bond donors (Lipinski definition) is 4. The number of nitrogens with two attached hydrogens (primary N) is 1. The van der Waals surface area contributed by atoms with Gasteiger partial charge >= 0.3 is 16.5 Å². The molecule has 0 aliphatic carbocycles. The molecule has 1 aliphatic heterocycles. The maximum atomic E-state index is 11.9. The average Bonchev–Trinajstić information content (AvgIpc) is 3.08. The summed E-state index contributed by atoms with van der Waals surface area (Å²) in [5.74, 6) is -0.621. The molecule has 15 heteroatoms. The van der Waals surface area contributed by atoms with E-state index in [1.54, 1.807) is 6.92 Å². The molecule has 6 atom stereocenters. The molecule has 1 aliphatic rings. The van der Waals surface area contributed by atoms with Crippen LogP contribution in [0, 0.1) is 5.92 Å². The van der Waals surface area contributed by atoms with E-state index in [0.29, 0.717) is 0 Å². The Hall–Kier alpha value is -1.85. The molecule has 0 amide bonds. The number of rotatable bonds is 6. The number of hydrogen-bond acceptors (Lipinski definition) is 9. The zero-order valence-electron chi connectivity index (χ0n) is 13.3. The summed E-state index contributed by atoms with van der Waals surface area (Å²) in [5, 5.41) is 0. The van der Waals surface area contributed by atoms with Crippen molar-refractivity contribution in [1.29, 1.82) is 0 Å². The minimum Gasteiger partial charge on any atom is -0.369 e. The SMILES string of the molecule is CC1C(O[P+](=O)O)[C@@H](CO[P+](=O)O)O[C@H]1n1cnc2c(=O)[nH]c(N)nc21. The lowest BCUT2D eigenvalue weighted by Crippen LogP contribution is -2.30. The van der Waals surface area contributed by atoms with Crippen LogP contribution in [0.25, 0.3) is 11.2 Å². The van der Waals surface area contributed by atoms with Gasteiger partial charge in [-0.15, -0.1) is 18.8 Å². The number of aromatic amines is 1. The molecule has 3 heterocycles. The number of imidazole rings is 1. The summed E-state index contributed by atoms with van der Waals surface area (Å²) >= 11 is 0. The summed E-state index contributed by atoms with van der Waals surface area (Å²) in [6.45, 7) is 1.33. The molecule has 1 fully saturated rings. The highest BCUT2D eigenvalue weighted by Gasteiger charge is 2.49. The van der Waals surface area contributed by atoms with Gasteiger partial charge in [-0.3, -0.25) is 14.3 Å². The maximum Gasteiger partial charge on any atom is 0.695 e. The first kappa shape index (κ1) is 18.9. The lowest BCUT2D eigenvalue weighted by atomic mass is 10.0. The molecule has 140 valence electrons. The molecule has 0 bridgehead atoms. The van der Waals surface area contributed by atoms with Gasteiger partial charge in [0.05, 0.1) is 6.33 Å². The standard InChI is InChI=1S/C11H13N5O8P2/c1-4-7(24-26(20)21)5(2-22-25(18)19)23-10(4)16-3-13-6-8(16)14-11(12)15-9(6)17/h3-5,7,10H,2H2,1H3,(H3-2,12,14,15,17,18,19,20,21)/p+2/t4?,5-,7?,10-/m1/s1. The Labute approximate surface area is 147 Å². The second-order valence-electron chi connectivity index (χ2n) is 5.54. The number of anilines is 1. The van der Waals surface area contributed by atoms with E-state index in [0.717, 1.165) is 0 Å². The van der Waals surface area contributed by atoms with Crippen molar-refractivity contribution in [3.05, 3.63) is 16.7 Å². The van der Waals surface area contributed by atoms with Gasteiger partial charge in [-0.2, -0.15) is 4.98 Å². The van der Waals surface area contributed by atoms with Crippen molar-refractivity contribution in [3.63, 3.8) is 0 Å². The fourth-order valence-electron chi connectivity index (χ4n) is 2.87. The van der Waals surface area contributed by atoms with E-state index >= 15 is 0 Å². The molecule has 2 aromatic heterocycles. The van der Waals surface area contributed by atoms with Gasteiger partial charge in [0.2, 0.25) is 5.95 Å². The van der Waals surface area contributed by atoms with Gasteiger partial charge < -0.3 is 10.5 Å². The Morgan fingerprint density at radius 2 is 2.15 bits per heavy atom. The van der Waals surface area contributed by atoms with Crippen LogP contribution in [0.5, 0.6) is 0 Å². The molecule has 0 aromatic carbocycles. The highest BCUT2D eigenvalue weighted by atomic mass is 31.1. The number of aromatic nitrogens is 4. The van der Waals surface area contributed by atoms with Crippen LogP contribution in [-0.4, -0.2) is 48.1 Å². The Balaban J connectivity index is 1.96. The van der Waals surface area contributed by atoms with Crippen LogP contribution in [0.3, 0.4) is 0 Å². The molecule has 5 N–H and O–H groups in total. The minimum atomic E-state index is -2.95. The summed E-state index contributed by atoms with van der Waals surface area (Å²) in [6, 6.07) is 0. The zero-order valence-corrected chi connectivity index (χ0v) is 15.0. The number of nitrogens with one attached hydrogen (secondary N) is 1. The molecule has 2 aromatic rings. The predicted molar refractivity (Wildman–Crippen MR) is 86.1 cm³/mol. The molecule has 0 radical (unpaired) electrons. The first-order chi connectivity index (χ1) is 12.3. The number of nitrogen functional groups attached to an aromatic ring is 1. The van der Waals surface area contributed by atoms with E-state index < -0.39 is 46.4 Å². The normalized spacial score (nSPS) is 27.0. The van der Waals surface area contributed by atoms with E-state index in [1.165, 1.54) is 10.9 Å². The van der Waals surface area contributed by atoms with Crippen molar-refractivity contribution in [2.24, 2.45) is 5.92 Å². The summed E-state index contributed by atoms with van der Waals surface area (Å²) in [5.41, 5.74) is 5.23. The van der Waals surface area contributed by atoms with Gasteiger partial charge in [-0.1, -0.05) is 6.92 Å². The Kier molecular flexibility index (Phi) is 5.39. The molecule has 13 nitrogen and oxygen atoms in total. The van der Waals surface area contributed by atoms with Crippen molar-refractivity contribution in [3.8, 4) is 0 Å². The Bertz CT molecular complexity index is 916. The number of nitrogens with zero attached hydrogens (tertiary/aromatic N) is 3. The second kappa shape index (κ2) is 7.41. The predicted octanol–water partition coefficient (Wildman–Crippen LogP) is -0.0635. The molecule has 0 saturated carbocycles. The maximum absolute atomic E-state index is 11.9. The molecule has 3 rings (SSSR count). The molecular weight excluding hydrogens is 392 g/mol. The Morgan fingerprint density at radius 1 is 1.42 bits per heavy atom. The van der Waals surface area contributed by atoms with Gasteiger partial charge in [0, 0.05) is 15.0 Å². The minimum absolute atomic E-state index is 0.0406. The molecular formula is C11H15N5O8P2+2. The quantitative estimate of drug-likeness (QED) is 0.469. The van der Waals surface area contributed by atoms with E-state index in [1.807, 2.05) is 0 Å². The fourth-order valence-corrected chi connectivity index (χ4v) is 3.68. The van der Waals surface area contributed by atoms with Crippen LogP contribution < -0.4 is 11.3 Å². The zero-order chi connectivity index (χ0) is 19.0. The largest absolute Gasteiger partial charge is 0.695 e. The van der Waals surface area contributed by atoms with Gasteiger partial charge in [0.25, 0.3) is 5.56 Å². The monoisotopic (exact) mass is 407 g/mol. The molecule has 0 spiro atoms. The van der Waals surface area contributed by atoms with Crippen molar-refractivity contribution >= 4 is 33.6 Å². The van der Waals surface area contributed by atoms with Crippen molar-refractivity contribution in [2.75, 3.05) is 12.3 Å². The smallest absolute Gasteiger partial charge is 0.369 e. The molecule has 26 heavy (non-hydrogen) atoms. The van der Waals surface area contributed by atoms with Crippen molar-refractivity contribution < 1.29 is 32.7 Å². The van der Waals surface area contributed by atoms with Crippen LogP contribution in [0.2, 0.25) is 0 Å². The lowest BCUT2D eigenvalue weighted by molar-refractivity contribution is -0.0372. The third kappa shape index (κ3) is 3.64. The third-order valence-corrected chi connectivity index (χ3v) is 4.73. The highest BCUT2D eigenvalue weighted by Crippen LogP contribution is 2.41. The van der Waals surface area contributed by atoms with Crippen LogP contribution in [-0.2, 0) is 22.9 Å². The molecule has 4 unspecified atom stereocenters. The molecule has 1 saturated heterocycles. The second-order valence-corrected chi connectivity index (χ2v) is 6.96. The summed E-state index contributed by atoms with van der Waals surface area (Å²) in [4.78, 5) is 40.1. The van der Waals surface area contributed by atoms with Gasteiger partial charge in [-0.25, -0.2) is 4.98 Å². The topological polar surface area (TPSA) is 192 Å². The van der Waals surface area contributed by atoms with E-state index in [2.05, 4.69) is 19.5 Å². The van der Waals surface area contributed by atoms with Crippen molar-refractivity contribution in [1.82, 2.24) is 19.5 Å². The Morgan fingerprint density at radius 3 is 2.81 bits per heavy atom. The fraction of sp³-hybridized carbons (Fsp3) is 0.545. The third-order valence-electron chi connectivity index (χ3n) is 3.93. The summed E-state index contributed by atoms with van der Waals surface area (Å²) in [7, 11) is -5.83. The van der Waals surface area contributed by atoms with Crippen molar-refractivity contribution in [2.45, 2.75) is 25.4 Å². The van der Waals surface area contributed by atoms with Gasteiger partial charge in [-0.05, 0) is 0 Å². The van der Waals surface area contributed by atoms with E-state index in [-0.39, 0.29) is 23.7 Å². The number of H-pyrrole nitrogens is 1. The van der Waals surface area contributed by atoms with Gasteiger partial charge in [0.15, 0.2) is 17.3 Å². The first-order valence-electron chi connectivity index (χ1n) is 7.27. The number of ether oxygens (including phenoxy) is 1. The lowest BCUT2D eigenvalue weighted by Gasteiger charge is -2.17. The van der Waals surface area contributed by atoms with Crippen LogP contribution in [0.15, 0.2) is 11.1 Å². The van der Waals surface area contributed by atoms with Crippen LogP contribution in [0.4, 0.5) is 5.95 Å². The van der Waals surface area contributed by atoms with Crippen LogP contribution in [0.1, 0.15) is 13.2 Å². The van der Waals surface area contributed by atoms with E-state index in [9.17, 15) is 13.9 Å². The van der Waals surface area contributed by atoms with Crippen LogP contribution >= 0.6 is 16.5 Å². The summed E-state index contributed by atoms with van der Waals surface area (Å²) in [6.07, 6.45) is -1.30. The van der Waals surface area contributed by atoms with E-state index in [4.69, 9.17) is 24.8 Å². The van der Waals surface area contributed by atoms with Gasteiger partial charge in [0.1, 0.15) is 18.9 Å². The summed E-state index contributed by atoms with van der Waals surface area (Å²) < 4.78 is 38.7. The average molecular weight is 407 g/mol. The first-order valence-corrected chi connectivity index (χ1v) is 9.53.